The van der Waals surface area contributed by atoms with E-state index in [1.165, 1.54) is 22.5 Å². The van der Waals surface area contributed by atoms with Crippen molar-refractivity contribution >= 4 is 38.3 Å². The summed E-state index contributed by atoms with van der Waals surface area (Å²) >= 11 is 1.46. The second-order valence-corrected chi connectivity index (χ2v) is 8.42. The zero-order chi connectivity index (χ0) is 21.2. The molecule has 7 heteroatoms. The summed E-state index contributed by atoms with van der Waals surface area (Å²) in [4.78, 5) is 19.4. The Morgan fingerprint density at radius 2 is 1.84 bits per heavy atom. The van der Waals surface area contributed by atoms with Gasteiger partial charge in [-0.3, -0.25) is 15.6 Å². The Morgan fingerprint density at radius 1 is 1.03 bits per heavy atom. The van der Waals surface area contributed by atoms with Gasteiger partial charge in [0, 0.05) is 24.3 Å². The number of nitrogens with one attached hydrogen (secondary N) is 2. The average molecular weight is 431 g/mol. The second kappa shape index (κ2) is 8.28. The Balaban J connectivity index is 1.24. The summed E-state index contributed by atoms with van der Waals surface area (Å²) < 4.78 is 6.33. The molecular weight excluding hydrogens is 408 g/mol. The molecule has 1 aliphatic rings. The van der Waals surface area contributed by atoms with Crippen LogP contribution in [0.1, 0.15) is 21.5 Å². The number of ether oxygens (including phenoxy) is 1. The van der Waals surface area contributed by atoms with Crippen LogP contribution in [0.15, 0.2) is 66.7 Å². The van der Waals surface area contributed by atoms with Crippen molar-refractivity contribution in [2.45, 2.75) is 13.0 Å². The number of hydrogen-bond donors (Lipinski definition) is 2. The van der Waals surface area contributed by atoms with Crippen LogP contribution in [-0.4, -0.2) is 24.5 Å². The van der Waals surface area contributed by atoms with E-state index in [2.05, 4.69) is 45.0 Å². The average Bonchev–Trinajstić information content (AvgIpc) is 3.25. The molecule has 156 valence electrons. The number of aromatic nitrogens is 1. The van der Waals surface area contributed by atoms with E-state index in [9.17, 15) is 4.79 Å². The van der Waals surface area contributed by atoms with E-state index in [4.69, 9.17) is 4.74 Å². The van der Waals surface area contributed by atoms with Crippen molar-refractivity contribution in [3.8, 4) is 5.75 Å². The Kier molecular flexibility index (Phi) is 5.18. The van der Waals surface area contributed by atoms with Crippen molar-refractivity contribution in [1.82, 2.24) is 10.4 Å². The maximum Gasteiger partial charge on any atom is 0.269 e. The number of nitrogens with zero attached hydrogens (tertiary/aromatic N) is 2. The number of thiazole rings is 1. The first-order valence-electron chi connectivity index (χ1n) is 10.1. The summed E-state index contributed by atoms with van der Waals surface area (Å²) in [5.41, 5.74) is 10.9. The van der Waals surface area contributed by atoms with E-state index in [0.717, 1.165) is 35.4 Å². The van der Waals surface area contributed by atoms with Gasteiger partial charge in [-0.05, 0) is 53.9 Å². The molecule has 0 radical (unpaired) electrons. The number of hydrazine groups is 1. The molecule has 0 bridgehead atoms. The molecule has 1 amide bonds. The van der Waals surface area contributed by atoms with E-state index in [1.54, 1.807) is 7.11 Å². The third kappa shape index (κ3) is 3.92. The summed E-state index contributed by atoms with van der Waals surface area (Å²) in [5, 5.41) is 0.608. The maximum atomic E-state index is 12.6. The normalized spacial score (nSPS) is 13.0. The number of amides is 1. The van der Waals surface area contributed by atoms with E-state index < -0.39 is 0 Å². The van der Waals surface area contributed by atoms with Gasteiger partial charge in [0.05, 0.1) is 11.8 Å². The van der Waals surface area contributed by atoms with Gasteiger partial charge in [0.25, 0.3) is 5.91 Å². The number of methoxy groups -OCH3 is 1. The van der Waals surface area contributed by atoms with Crippen molar-refractivity contribution in [3.05, 3.63) is 83.4 Å². The van der Waals surface area contributed by atoms with E-state index in [-0.39, 0.29) is 5.91 Å². The minimum Gasteiger partial charge on any atom is -0.494 e. The van der Waals surface area contributed by atoms with E-state index >= 15 is 0 Å². The molecule has 6 nitrogen and oxygen atoms in total. The molecule has 2 N–H and O–H groups in total. The minimum absolute atomic E-state index is 0.207. The lowest BCUT2D eigenvalue weighted by molar-refractivity contribution is 0.0962. The zero-order valence-corrected chi connectivity index (χ0v) is 17.9. The molecule has 1 aromatic heterocycles. The first-order chi connectivity index (χ1) is 15.2. The van der Waals surface area contributed by atoms with Gasteiger partial charge in [-0.25, -0.2) is 4.98 Å². The number of para-hydroxylation sites is 1. The number of carbonyl (C=O) groups is 1. The summed E-state index contributed by atoms with van der Waals surface area (Å²) in [6.07, 6.45) is 1.04. The van der Waals surface area contributed by atoms with Crippen LogP contribution in [0.2, 0.25) is 0 Å². The molecule has 2 heterocycles. The number of hydrogen-bond acceptors (Lipinski definition) is 6. The van der Waals surface area contributed by atoms with Gasteiger partial charge in [0.1, 0.15) is 11.3 Å². The minimum atomic E-state index is -0.207. The lowest BCUT2D eigenvalue weighted by atomic mass is 9.99. The van der Waals surface area contributed by atoms with Crippen molar-refractivity contribution < 1.29 is 9.53 Å². The van der Waals surface area contributed by atoms with Crippen LogP contribution in [-0.2, 0) is 13.0 Å². The zero-order valence-electron chi connectivity index (χ0n) is 17.1. The molecule has 3 aromatic carbocycles. The molecule has 0 saturated carbocycles. The van der Waals surface area contributed by atoms with Crippen LogP contribution in [0.4, 0.5) is 10.8 Å². The Hall–Kier alpha value is -3.58. The highest BCUT2D eigenvalue weighted by Crippen LogP contribution is 2.31. The standard InChI is InChI=1S/C24H22N4O2S/c1-30-20-7-4-8-21-22(20)25-24(31-21)27-26-23(29)17-9-11-19(12-10-17)28-14-13-16-5-2-3-6-18(16)15-28/h2-12H,13-15H2,1H3,(H,25,27)(H,26,29). The van der Waals surface area contributed by atoms with Crippen molar-refractivity contribution in [2.24, 2.45) is 0 Å². The monoisotopic (exact) mass is 430 g/mol. The molecule has 0 aliphatic carbocycles. The quantitative estimate of drug-likeness (QED) is 0.452. The molecule has 0 unspecified atom stereocenters. The van der Waals surface area contributed by atoms with Gasteiger partial charge >= 0.3 is 0 Å². The van der Waals surface area contributed by atoms with Crippen LogP contribution in [0, 0.1) is 0 Å². The fraction of sp³-hybridized carbons (Fsp3) is 0.167. The van der Waals surface area contributed by atoms with Crippen LogP contribution >= 0.6 is 11.3 Å². The van der Waals surface area contributed by atoms with Crippen LogP contribution in [0.25, 0.3) is 10.2 Å². The SMILES string of the molecule is COc1cccc2sc(NNC(=O)c3ccc(N4CCc5ccccc5C4)cc3)nc12. The topological polar surface area (TPSA) is 66.5 Å². The molecule has 0 saturated heterocycles. The van der Waals surface area contributed by atoms with Crippen LogP contribution < -0.4 is 20.5 Å². The first-order valence-corrected chi connectivity index (χ1v) is 10.9. The van der Waals surface area contributed by atoms with Crippen molar-refractivity contribution in [1.29, 1.82) is 0 Å². The number of fused-ring (bicyclic) bond motifs is 2. The van der Waals surface area contributed by atoms with E-state index in [1.807, 2.05) is 42.5 Å². The highest BCUT2D eigenvalue weighted by atomic mass is 32.1. The summed E-state index contributed by atoms with van der Waals surface area (Å²) in [6, 6.07) is 22.1. The van der Waals surface area contributed by atoms with Gasteiger partial charge in [0.2, 0.25) is 5.13 Å². The summed E-state index contributed by atoms with van der Waals surface area (Å²) in [7, 11) is 1.62. The Labute approximate surface area is 184 Å². The first kappa shape index (κ1) is 19.4. The van der Waals surface area contributed by atoms with Gasteiger partial charge in [0.15, 0.2) is 0 Å². The molecule has 5 rings (SSSR count). The smallest absolute Gasteiger partial charge is 0.269 e. The largest absolute Gasteiger partial charge is 0.494 e. The number of benzene rings is 3. The molecule has 0 spiro atoms. The molecule has 0 fully saturated rings. The third-order valence-electron chi connectivity index (χ3n) is 5.51. The Bertz CT molecular complexity index is 1240. The number of anilines is 2. The number of rotatable bonds is 5. The van der Waals surface area contributed by atoms with Crippen LogP contribution in [0.5, 0.6) is 5.75 Å². The predicted molar refractivity (Wildman–Crippen MR) is 125 cm³/mol. The molecule has 1 aliphatic heterocycles. The van der Waals surface area contributed by atoms with Crippen LogP contribution in [0.3, 0.4) is 0 Å². The fourth-order valence-corrected chi connectivity index (χ4v) is 4.70. The predicted octanol–water partition coefficient (Wildman–Crippen LogP) is 4.62. The number of carbonyl (C=O) groups excluding carboxylic acids is 1. The molecule has 4 aromatic rings. The van der Waals surface area contributed by atoms with Gasteiger partial charge < -0.3 is 9.64 Å². The van der Waals surface area contributed by atoms with Crippen molar-refractivity contribution in [3.63, 3.8) is 0 Å². The molecule has 0 atom stereocenters. The lowest BCUT2D eigenvalue weighted by Crippen LogP contribution is -2.31. The van der Waals surface area contributed by atoms with Gasteiger partial charge in [-0.2, -0.15) is 0 Å². The highest BCUT2D eigenvalue weighted by molar-refractivity contribution is 7.22. The van der Waals surface area contributed by atoms with E-state index in [0.29, 0.717) is 16.4 Å². The van der Waals surface area contributed by atoms with Gasteiger partial charge in [-0.1, -0.05) is 41.7 Å². The van der Waals surface area contributed by atoms with Gasteiger partial charge in [-0.15, -0.1) is 0 Å². The third-order valence-corrected chi connectivity index (χ3v) is 6.45. The summed E-state index contributed by atoms with van der Waals surface area (Å²) in [6.45, 7) is 1.87. The maximum absolute atomic E-state index is 12.6. The fourth-order valence-electron chi connectivity index (χ4n) is 3.86. The van der Waals surface area contributed by atoms with Crippen molar-refractivity contribution in [2.75, 3.05) is 24.0 Å². The Morgan fingerprint density at radius 3 is 2.65 bits per heavy atom. The highest BCUT2D eigenvalue weighted by Gasteiger charge is 2.16. The molecular formula is C24H22N4O2S. The lowest BCUT2D eigenvalue weighted by Gasteiger charge is -2.30. The second-order valence-electron chi connectivity index (χ2n) is 7.39. The summed E-state index contributed by atoms with van der Waals surface area (Å²) in [5.74, 6) is 0.505. The molecule has 31 heavy (non-hydrogen) atoms.